The summed E-state index contributed by atoms with van der Waals surface area (Å²) in [6.45, 7) is 9.51. The Bertz CT molecular complexity index is 689. The van der Waals surface area contributed by atoms with Crippen LogP contribution >= 0.6 is 0 Å². The van der Waals surface area contributed by atoms with E-state index < -0.39 is 0 Å². The standard InChI is InChI=1S/C19H28N2O4/c1-4-25-19(24)14-5-7-20(8-6-14)15-16(18(23)17(15)22)21-10-12(2)9-13(3)11-21/h12-14H,4-11H2,1-3H3. The molecule has 0 spiro atoms. The molecular weight excluding hydrogens is 320 g/mol. The molecule has 6 nitrogen and oxygen atoms in total. The van der Waals surface area contributed by atoms with Crippen LogP contribution in [-0.4, -0.2) is 38.8 Å². The first-order valence-corrected chi connectivity index (χ1v) is 9.42. The van der Waals surface area contributed by atoms with Crippen molar-refractivity contribution in [1.82, 2.24) is 0 Å². The second-order valence-electron chi connectivity index (χ2n) is 7.72. The van der Waals surface area contributed by atoms with Crippen molar-refractivity contribution in [2.75, 3.05) is 42.6 Å². The average molecular weight is 348 g/mol. The van der Waals surface area contributed by atoms with Gasteiger partial charge in [0, 0.05) is 26.2 Å². The lowest BCUT2D eigenvalue weighted by Crippen LogP contribution is -2.51. The SMILES string of the molecule is CCOC(=O)C1CCN(c2c(N3CC(C)CC(C)C3)c(=O)c2=O)CC1. The van der Waals surface area contributed by atoms with Crippen molar-refractivity contribution < 1.29 is 9.53 Å². The zero-order valence-electron chi connectivity index (χ0n) is 15.4. The number of hydrogen-bond donors (Lipinski definition) is 0. The largest absolute Gasteiger partial charge is 0.466 e. The summed E-state index contributed by atoms with van der Waals surface area (Å²) >= 11 is 0. The smallest absolute Gasteiger partial charge is 0.309 e. The van der Waals surface area contributed by atoms with E-state index in [0.29, 0.717) is 55.7 Å². The van der Waals surface area contributed by atoms with Gasteiger partial charge in [0.1, 0.15) is 11.4 Å². The molecule has 0 radical (unpaired) electrons. The van der Waals surface area contributed by atoms with Crippen LogP contribution in [0.2, 0.25) is 0 Å². The fourth-order valence-corrected chi connectivity index (χ4v) is 4.40. The van der Waals surface area contributed by atoms with E-state index in [1.165, 1.54) is 0 Å². The third-order valence-corrected chi connectivity index (χ3v) is 5.48. The molecule has 0 saturated carbocycles. The molecule has 0 bridgehead atoms. The molecule has 2 saturated heterocycles. The fraction of sp³-hybridized carbons (Fsp3) is 0.737. The van der Waals surface area contributed by atoms with Crippen molar-refractivity contribution in [1.29, 1.82) is 0 Å². The van der Waals surface area contributed by atoms with E-state index in [1.54, 1.807) is 0 Å². The first kappa shape index (κ1) is 18.0. The average Bonchev–Trinajstić information content (AvgIpc) is 2.58. The van der Waals surface area contributed by atoms with E-state index >= 15 is 0 Å². The minimum atomic E-state index is -0.365. The molecule has 25 heavy (non-hydrogen) atoms. The summed E-state index contributed by atoms with van der Waals surface area (Å²) in [7, 11) is 0. The maximum atomic E-state index is 12.2. The van der Waals surface area contributed by atoms with E-state index in [0.717, 1.165) is 19.5 Å². The van der Waals surface area contributed by atoms with Crippen LogP contribution in [0, 0.1) is 17.8 Å². The quantitative estimate of drug-likeness (QED) is 0.607. The minimum Gasteiger partial charge on any atom is -0.466 e. The lowest BCUT2D eigenvalue weighted by Gasteiger charge is -2.40. The molecule has 2 atom stereocenters. The van der Waals surface area contributed by atoms with Gasteiger partial charge < -0.3 is 14.5 Å². The third kappa shape index (κ3) is 3.44. The van der Waals surface area contributed by atoms with Gasteiger partial charge in [-0.05, 0) is 38.0 Å². The molecule has 2 aliphatic rings. The summed E-state index contributed by atoms with van der Waals surface area (Å²) in [6.07, 6.45) is 2.50. The van der Waals surface area contributed by atoms with E-state index in [-0.39, 0.29) is 22.7 Å². The lowest BCUT2D eigenvalue weighted by molar-refractivity contribution is -0.148. The molecule has 2 heterocycles. The molecule has 6 heteroatoms. The van der Waals surface area contributed by atoms with Crippen LogP contribution in [-0.2, 0) is 9.53 Å². The van der Waals surface area contributed by atoms with E-state index in [1.807, 2.05) is 11.8 Å². The second-order valence-corrected chi connectivity index (χ2v) is 7.72. The summed E-state index contributed by atoms with van der Waals surface area (Å²) in [6, 6.07) is 0. The maximum Gasteiger partial charge on any atom is 0.309 e. The van der Waals surface area contributed by atoms with Gasteiger partial charge >= 0.3 is 5.97 Å². The van der Waals surface area contributed by atoms with Gasteiger partial charge in [0.2, 0.25) is 0 Å². The van der Waals surface area contributed by atoms with Crippen LogP contribution in [0.25, 0.3) is 0 Å². The number of piperidine rings is 2. The number of ether oxygens (including phenoxy) is 1. The van der Waals surface area contributed by atoms with E-state index in [9.17, 15) is 14.4 Å². The normalized spacial score (nSPS) is 25.4. The zero-order valence-corrected chi connectivity index (χ0v) is 15.4. The van der Waals surface area contributed by atoms with E-state index in [2.05, 4.69) is 18.7 Å². The fourth-order valence-electron chi connectivity index (χ4n) is 4.40. The molecule has 1 aromatic rings. The minimum absolute atomic E-state index is 0.0961. The van der Waals surface area contributed by atoms with Crippen molar-refractivity contribution in [2.24, 2.45) is 17.8 Å². The number of esters is 1. The molecule has 1 aromatic carbocycles. The third-order valence-electron chi connectivity index (χ3n) is 5.48. The monoisotopic (exact) mass is 348 g/mol. The molecule has 2 fully saturated rings. The summed E-state index contributed by atoms with van der Waals surface area (Å²) in [4.78, 5) is 40.4. The van der Waals surface area contributed by atoms with Crippen LogP contribution < -0.4 is 20.7 Å². The Morgan fingerprint density at radius 3 is 2.04 bits per heavy atom. The van der Waals surface area contributed by atoms with Gasteiger partial charge in [-0.2, -0.15) is 0 Å². The number of rotatable bonds is 4. The Labute approximate surface area is 148 Å². The highest BCUT2D eigenvalue weighted by Crippen LogP contribution is 2.32. The lowest BCUT2D eigenvalue weighted by atomic mass is 9.90. The second kappa shape index (κ2) is 7.18. The number of hydrogen-bond acceptors (Lipinski definition) is 6. The molecule has 0 aromatic heterocycles. The van der Waals surface area contributed by atoms with Crippen LogP contribution in [0.3, 0.4) is 0 Å². The van der Waals surface area contributed by atoms with Crippen molar-refractivity contribution in [3.63, 3.8) is 0 Å². The molecule has 0 amide bonds. The van der Waals surface area contributed by atoms with Crippen LogP contribution in [0.15, 0.2) is 9.59 Å². The Balaban J connectivity index is 1.72. The van der Waals surface area contributed by atoms with Gasteiger partial charge in [0.25, 0.3) is 10.9 Å². The van der Waals surface area contributed by atoms with Gasteiger partial charge in [-0.15, -0.1) is 0 Å². The summed E-state index contributed by atoms with van der Waals surface area (Å²) in [5, 5.41) is 0. The molecular formula is C19H28N2O4. The van der Waals surface area contributed by atoms with Gasteiger partial charge in [-0.25, -0.2) is 0 Å². The first-order chi connectivity index (χ1) is 11.9. The number of carbonyl (C=O) groups is 1. The van der Waals surface area contributed by atoms with Crippen LogP contribution in [0.1, 0.15) is 40.0 Å². The molecule has 138 valence electrons. The number of carbonyl (C=O) groups excluding carboxylic acids is 1. The Morgan fingerprint density at radius 2 is 1.52 bits per heavy atom. The summed E-state index contributed by atoms with van der Waals surface area (Å²) < 4.78 is 5.10. The van der Waals surface area contributed by atoms with E-state index in [4.69, 9.17) is 4.74 Å². The molecule has 2 unspecified atom stereocenters. The zero-order chi connectivity index (χ0) is 18.1. The first-order valence-electron chi connectivity index (χ1n) is 9.42. The summed E-state index contributed by atoms with van der Waals surface area (Å²) in [5.41, 5.74) is 0.478. The van der Waals surface area contributed by atoms with Crippen LogP contribution in [0.4, 0.5) is 11.4 Å². The number of anilines is 2. The molecule has 2 aliphatic heterocycles. The van der Waals surface area contributed by atoms with Crippen molar-refractivity contribution in [3.05, 3.63) is 20.4 Å². The highest BCUT2D eigenvalue weighted by atomic mass is 16.5. The Kier molecular flexibility index (Phi) is 5.16. The highest BCUT2D eigenvalue weighted by molar-refractivity contribution is 5.77. The molecule has 0 N–H and O–H groups in total. The maximum absolute atomic E-state index is 12.2. The Morgan fingerprint density at radius 1 is 1.00 bits per heavy atom. The predicted octanol–water partition coefficient (Wildman–Crippen LogP) is 1.54. The highest BCUT2D eigenvalue weighted by Gasteiger charge is 2.35. The predicted molar refractivity (Wildman–Crippen MR) is 98.1 cm³/mol. The van der Waals surface area contributed by atoms with Crippen molar-refractivity contribution in [3.8, 4) is 0 Å². The van der Waals surface area contributed by atoms with Gasteiger partial charge in [-0.3, -0.25) is 14.4 Å². The van der Waals surface area contributed by atoms with Crippen molar-refractivity contribution >= 4 is 17.3 Å². The topological polar surface area (TPSA) is 66.9 Å². The van der Waals surface area contributed by atoms with Gasteiger partial charge in [0.05, 0.1) is 12.5 Å². The number of nitrogens with zero attached hydrogens (tertiary/aromatic N) is 2. The Hall–Kier alpha value is -1.85. The molecule has 0 aliphatic carbocycles. The van der Waals surface area contributed by atoms with Gasteiger partial charge in [-0.1, -0.05) is 13.8 Å². The van der Waals surface area contributed by atoms with Crippen LogP contribution in [0.5, 0.6) is 0 Å². The van der Waals surface area contributed by atoms with Crippen molar-refractivity contribution in [2.45, 2.75) is 40.0 Å². The summed E-state index contributed by atoms with van der Waals surface area (Å²) in [5.74, 6) is 0.804. The van der Waals surface area contributed by atoms with Gasteiger partial charge in [0.15, 0.2) is 0 Å². The molecule has 3 rings (SSSR count).